The van der Waals surface area contributed by atoms with Crippen molar-refractivity contribution in [2.45, 2.75) is 13.0 Å². The molecule has 138 valence electrons. The molecule has 9 heteroatoms. The lowest BCUT2D eigenvalue weighted by molar-refractivity contribution is -0.385. The number of nitro groups is 1. The number of hydrogen-bond acceptors (Lipinski definition) is 5. The van der Waals surface area contributed by atoms with E-state index in [2.05, 4.69) is 5.32 Å². The van der Waals surface area contributed by atoms with Crippen LogP contribution in [0.25, 0.3) is 0 Å². The second-order valence-corrected chi connectivity index (χ2v) is 5.05. The van der Waals surface area contributed by atoms with Gasteiger partial charge in [-0.1, -0.05) is 30.3 Å². The predicted molar refractivity (Wildman–Crippen MR) is 90.2 cm³/mol. The van der Waals surface area contributed by atoms with Crippen LogP contribution in [-0.4, -0.2) is 33.6 Å². The third-order valence-corrected chi connectivity index (χ3v) is 3.19. The summed E-state index contributed by atoms with van der Waals surface area (Å²) in [6.45, 7) is 1.12. The number of hydrogen-bond donors (Lipinski definition) is 3. The van der Waals surface area contributed by atoms with Gasteiger partial charge in [0.15, 0.2) is 0 Å². The first kappa shape index (κ1) is 20.7. The highest BCUT2D eigenvalue weighted by Gasteiger charge is 2.11. The van der Waals surface area contributed by atoms with Crippen LogP contribution in [-0.2, 0) is 22.6 Å². The van der Waals surface area contributed by atoms with Crippen LogP contribution in [0, 0.1) is 15.9 Å². The van der Waals surface area contributed by atoms with Crippen LogP contribution in [0.3, 0.4) is 0 Å². The number of nitrogens with one attached hydrogen (secondary N) is 1. The second kappa shape index (κ2) is 10.5. The maximum atomic E-state index is 12.7. The molecule has 26 heavy (non-hydrogen) atoms. The van der Waals surface area contributed by atoms with Gasteiger partial charge in [0.25, 0.3) is 5.69 Å². The molecule has 0 spiro atoms. The SMILES string of the molecule is O=C(O)C(=O)O.O=[N+]([O-])c1ccccc1CNCCc1ccc(F)cc1. The van der Waals surface area contributed by atoms with Crippen molar-refractivity contribution >= 4 is 17.6 Å². The highest BCUT2D eigenvalue weighted by molar-refractivity contribution is 6.27. The molecule has 0 atom stereocenters. The number of nitrogens with zero attached hydrogens (tertiary/aromatic N) is 1. The number of rotatable bonds is 6. The molecule has 2 aromatic rings. The summed E-state index contributed by atoms with van der Waals surface area (Å²) in [7, 11) is 0. The van der Waals surface area contributed by atoms with E-state index in [1.54, 1.807) is 30.3 Å². The molecule has 0 bridgehead atoms. The van der Waals surface area contributed by atoms with Gasteiger partial charge in [-0.3, -0.25) is 10.1 Å². The Labute approximate surface area is 148 Å². The molecule has 0 aliphatic rings. The van der Waals surface area contributed by atoms with Crippen LogP contribution in [0.4, 0.5) is 10.1 Å². The summed E-state index contributed by atoms with van der Waals surface area (Å²) in [5.74, 6) is -3.90. The molecule has 2 aromatic carbocycles. The first-order valence-electron chi connectivity index (χ1n) is 7.45. The van der Waals surface area contributed by atoms with Gasteiger partial charge in [0.1, 0.15) is 5.82 Å². The summed E-state index contributed by atoms with van der Waals surface area (Å²) in [6, 6.07) is 13.0. The fourth-order valence-electron chi connectivity index (χ4n) is 1.95. The largest absolute Gasteiger partial charge is 0.473 e. The molecule has 0 radical (unpaired) electrons. The molecule has 0 heterocycles. The molecular formula is C17H17FN2O6. The Morgan fingerprint density at radius 1 is 1.04 bits per heavy atom. The van der Waals surface area contributed by atoms with Gasteiger partial charge in [0.05, 0.1) is 4.92 Å². The number of aliphatic carboxylic acids is 2. The Kier molecular flexibility index (Phi) is 8.38. The Balaban J connectivity index is 0.000000487. The lowest BCUT2D eigenvalue weighted by atomic mass is 10.1. The maximum absolute atomic E-state index is 12.7. The summed E-state index contributed by atoms with van der Waals surface area (Å²) in [5, 5.41) is 28.8. The monoisotopic (exact) mass is 364 g/mol. The van der Waals surface area contributed by atoms with Gasteiger partial charge in [-0.05, 0) is 30.7 Å². The molecule has 0 aliphatic heterocycles. The van der Waals surface area contributed by atoms with E-state index in [0.29, 0.717) is 18.7 Å². The molecule has 2 rings (SSSR count). The van der Waals surface area contributed by atoms with Crippen molar-refractivity contribution in [3.8, 4) is 0 Å². The van der Waals surface area contributed by atoms with Crippen molar-refractivity contribution in [1.82, 2.24) is 5.32 Å². The quantitative estimate of drug-likeness (QED) is 0.310. The van der Waals surface area contributed by atoms with E-state index in [1.165, 1.54) is 18.2 Å². The number of para-hydroxylation sites is 1. The maximum Gasteiger partial charge on any atom is 0.414 e. The number of carboxylic acids is 2. The lowest BCUT2D eigenvalue weighted by Crippen LogP contribution is -2.17. The minimum atomic E-state index is -1.82. The zero-order chi connectivity index (χ0) is 19.5. The number of nitro benzene ring substituents is 1. The summed E-state index contributed by atoms with van der Waals surface area (Å²) in [4.78, 5) is 28.7. The highest BCUT2D eigenvalue weighted by Crippen LogP contribution is 2.17. The van der Waals surface area contributed by atoms with Gasteiger partial charge >= 0.3 is 11.9 Å². The fourth-order valence-corrected chi connectivity index (χ4v) is 1.95. The Morgan fingerprint density at radius 3 is 2.15 bits per heavy atom. The Morgan fingerprint density at radius 2 is 1.62 bits per heavy atom. The molecular weight excluding hydrogens is 347 g/mol. The van der Waals surface area contributed by atoms with Crippen LogP contribution in [0.5, 0.6) is 0 Å². The van der Waals surface area contributed by atoms with E-state index in [0.717, 1.165) is 12.0 Å². The van der Waals surface area contributed by atoms with Crippen LogP contribution in [0.1, 0.15) is 11.1 Å². The van der Waals surface area contributed by atoms with Gasteiger partial charge in [-0.2, -0.15) is 0 Å². The standard InChI is InChI=1S/C15H15FN2O2.C2H2O4/c16-14-7-5-12(6-8-14)9-10-17-11-13-3-1-2-4-15(13)18(19)20;3-1(4)2(5)6/h1-8,17H,9-11H2;(H,3,4)(H,5,6). The summed E-state index contributed by atoms with van der Waals surface area (Å²) in [5.41, 5.74) is 1.82. The van der Waals surface area contributed by atoms with E-state index in [4.69, 9.17) is 19.8 Å². The molecule has 0 unspecified atom stereocenters. The molecule has 0 fully saturated rings. The van der Waals surface area contributed by atoms with Crippen LogP contribution in [0.2, 0.25) is 0 Å². The molecule has 0 saturated carbocycles. The van der Waals surface area contributed by atoms with Crippen molar-refractivity contribution in [2.24, 2.45) is 0 Å². The van der Waals surface area contributed by atoms with Crippen molar-refractivity contribution in [1.29, 1.82) is 0 Å². The average molecular weight is 364 g/mol. The molecule has 0 aromatic heterocycles. The Hall–Kier alpha value is -3.33. The zero-order valence-corrected chi connectivity index (χ0v) is 13.6. The van der Waals surface area contributed by atoms with Crippen LogP contribution >= 0.6 is 0 Å². The van der Waals surface area contributed by atoms with Crippen LogP contribution < -0.4 is 5.32 Å². The fraction of sp³-hybridized carbons (Fsp3) is 0.176. The number of benzene rings is 2. The molecule has 0 aliphatic carbocycles. The third-order valence-electron chi connectivity index (χ3n) is 3.19. The zero-order valence-electron chi connectivity index (χ0n) is 13.6. The van der Waals surface area contributed by atoms with Gasteiger partial charge in [-0.25, -0.2) is 14.0 Å². The van der Waals surface area contributed by atoms with Crippen LogP contribution in [0.15, 0.2) is 48.5 Å². The number of carboxylic acid groups (broad SMARTS) is 2. The minimum absolute atomic E-state index is 0.127. The molecule has 0 saturated heterocycles. The number of carbonyl (C=O) groups is 2. The normalized spacial score (nSPS) is 9.73. The molecule has 0 amide bonds. The smallest absolute Gasteiger partial charge is 0.414 e. The van der Waals surface area contributed by atoms with Gasteiger partial charge in [-0.15, -0.1) is 0 Å². The van der Waals surface area contributed by atoms with Crippen molar-refractivity contribution < 1.29 is 29.1 Å². The van der Waals surface area contributed by atoms with E-state index < -0.39 is 11.9 Å². The molecule has 8 nitrogen and oxygen atoms in total. The van der Waals surface area contributed by atoms with Gasteiger partial charge in [0.2, 0.25) is 0 Å². The third kappa shape index (κ3) is 7.49. The van der Waals surface area contributed by atoms with E-state index in [-0.39, 0.29) is 16.4 Å². The van der Waals surface area contributed by atoms with Crippen molar-refractivity contribution in [3.05, 3.63) is 75.6 Å². The number of halogens is 1. The van der Waals surface area contributed by atoms with Crippen molar-refractivity contribution in [2.75, 3.05) is 6.54 Å². The Bertz CT molecular complexity index is 752. The first-order valence-corrected chi connectivity index (χ1v) is 7.45. The summed E-state index contributed by atoms with van der Waals surface area (Å²) < 4.78 is 12.7. The second-order valence-electron chi connectivity index (χ2n) is 5.05. The van der Waals surface area contributed by atoms with Crippen molar-refractivity contribution in [3.63, 3.8) is 0 Å². The minimum Gasteiger partial charge on any atom is -0.473 e. The van der Waals surface area contributed by atoms with E-state index in [1.807, 2.05) is 0 Å². The summed E-state index contributed by atoms with van der Waals surface area (Å²) >= 11 is 0. The predicted octanol–water partition coefficient (Wildman–Crippen LogP) is 2.22. The van der Waals surface area contributed by atoms with E-state index in [9.17, 15) is 14.5 Å². The topological polar surface area (TPSA) is 130 Å². The summed E-state index contributed by atoms with van der Waals surface area (Å²) in [6.07, 6.45) is 0.751. The molecule has 3 N–H and O–H groups in total. The van der Waals surface area contributed by atoms with Gasteiger partial charge < -0.3 is 15.5 Å². The average Bonchev–Trinajstić information content (AvgIpc) is 2.61. The van der Waals surface area contributed by atoms with E-state index >= 15 is 0 Å². The highest BCUT2D eigenvalue weighted by atomic mass is 19.1. The van der Waals surface area contributed by atoms with Gasteiger partial charge in [0, 0.05) is 18.2 Å². The first-order chi connectivity index (χ1) is 12.3. The lowest BCUT2D eigenvalue weighted by Gasteiger charge is -2.06.